The van der Waals surface area contributed by atoms with Gasteiger partial charge in [0.1, 0.15) is 0 Å². The zero-order valence-corrected chi connectivity index (χ0v) is 12.0. The fraction of sp³-hybridized carbons (Fsp3) is 0.273. The molecule has 0 aromatic heterocycles. The molecule has 1 aromatic rings. The Bertz CT molecular complexity index is 317. The molecular weight excluding hydrogens is 324 g/mol. The number of thioether (sulfide) groups is 1. The third-order valence-corrected chi connectivity index (χ3v) is 3.40. The van der Waals surface area contributed by atoms with Gasteiger partial charge in [-0.15, -0.1) is 11.8 Å². The summed E-state index contributed by atoms with van der Waals surface area (Å²) in [4.78, 5) is 1.34. The Morgan fingerprint density at radius 1 is 1.36 bits per heavy atom. The van der Waals surface area contributed by atoms with Crippen molar-refractivity contribution in [3.63, 3.8) is 0 Å². The van der Waals surface area contributed by atoms with Crippen LogP contribution in [0.15, 0.2) is 32.6 Å². The minimum absolute atomic E-state index is 0.981. The van der Waals surface area contributed by atoms with Gasteiger partial charge in [-0.25, -0.2) is 0 Å². The molecule has 1 rings (SSSR count). The van der Waals surface area contributed by atoms with E-state index in [1.54, 1.807) is 0 Å². The van der Waals surface area contributed by atoms with E-state index in [-0.39, 0.29) is 0 Å². The predicted octanol–water partition coefficient (Wildman–Crippen LogP) is 5.28. The van der Waals surface area contributed by atoms with Gasteiger partial charge in [0, 0.05) is 4.90 Å². The summed E-state index contributed by atoms with van der Waals surface area (Å²) in [7, 11) is 0. The second kappa shape index (κ2) is 6.70. The normalized spacial score (nSPS) is 9.93. The van der Waals surface area contributed by atoms with Crippen molar-refractivity contribution in [1.29, 1.82) is 0 Å². The standard InChI is InChI=1S/C11H12Br2S/c1-2-7-14-10-6-4-3-5-9(10)8-11(12)13/h3-6,8H,2,7H2,1H3. The van der Waals surface area contributed by atoms with E-state index in [2.05, 4.69) is 69.1 Å². The Morgan fingerprint density at radius 3 is 2.71 bits per heavy atom. The van der Waals surface area contributed by atoms with Crippen LogP contribution in [0.3, 0.4) is 0 Å². The van der Waals surface area contributed by atoms with Crippen molar-refractivity contribution < 1.29 is 0 Å². The molecule has 0 aliphatic carbocycles. The molecule has 0 aliphatic heterocycles. The Hall–Kier alpha value is 0.270. The summed E-state index contributed by atoms with van der Waals surface area (Å²) < 4.78 is 0.981. The monoisotopic (exact) mass is 334 g/mol. The lowest BCUT2D eigenvalue weighted by molar-refractivity contribution is 1.10. The van der Waals surface area contributed by atoms with Gasteiger partial charge < -0.3 is 0 Å². The summed E-state index contributed by atoms with van der Waals surface area (Å²) in [5, 5.41) is 0. The van der Waals surface area contributed by atoms with E-state index in [0.717, 1.165) is 3.39 Å². The quantitative estimate of drug-likeness (QED) is 0.675. The summed E-state index contributed by atoms with van der Waals surface area (Å²) in [5.41, 5.74) is 1.26. The van der Waals surface area contributed by atoms with Crippen molar-refractivity contribution >= 4 is 49.7 Å². The molecule has 0 bridgehead atoms. The number of halogens is 2. The summed E-state index contributed by atoms with van der Waals surface area (Å²) >= 11 is 8.67. The maximum absolute atomic E-state index is 3.38. The highest BCUT2D eigenvalue weighted by Gasteiger charge is 1.99. The Labute approximate surface area is 106 Å². The molecule has 0 saturated heterocycles. The van der Waals surface area contributed by atoms with Crippen LogP contribution >= 0.6 is 43.6 Å². The minimum atomic E-state index is 0.981. The highest BCUT2D eigenvalue weighted by molar-refractivity contribution is 9.28. The Kier molecular flexibility index (Phi) is 5.90. The van der Waals surface area contributed by atoms with Gasteiger partial charge in [0.25, 0.3) is 0 Å². The van der Waals surface area contributed by atoms with Crippen LogP contribution in [0.4, 0.5) is 0 Å². The maximum Gasteiger partial charge on any atom is 0.0610 e. The van der Waals surface area contributed by atoms with Gasteiger partial charge in [-0.2, -0.15) is 0 Å². The maximum atomic E-state index is 3.38. The topological polar surface area (TPSA) is 0 Å². The first kappa shape index (κ1) is 12.3. The van der Waals surface area contributed by atoms with Gasteiger partial charge in [-0.3, -0.25) is 0 Å². The van der Waals surface area contributed by atoms with Crippen LogP contribution in [0.25, 0.3) is 6.08 Å². The van der Waals surface area contributed by atoms with Crippen LogP contribution in [0.1, 0.15) is 18.9 Å². The summed E-state index contributed by atoms with van der Waals surface area (Å²) in [6, 6.07) is 8.43. The molecule has 0 atom stereocenters. The van der Waals surface area contributed by atoms with Gasteiger partial charge in [0.2, 0.25) is 0 Å². The molecular formula is C11H12Br2S. The van der Waals surface area contributed by atoms with Gasteiger partial charge in [0.05, 0.1) is 3.39 Å². The van der Waals surface area contributed by atoms with Gasteiger partial charge in [-0.05, 0) is 61.7 Å². The largest absolute Gasteiger partial charge is 0.126 e. The minimum Gasteiger partial charge on any atom is -0.126 e. The molecule has 76 valence electrons. The first-order valence-electron chi connectivity index (χ1n) is 4.48. The molecule has 0 amide bonds. The van der Waals surface area contributed by atoms with Crippen molar-refractivity contribution in [1.82, 2.24) is 0 Å². The van der Waals surface area contributed by atoms with E-state index < -0.39 is 0 Å². The highest BCUT2D eigenvalue weighted by Crippen LogP contribution is 2.27. The molecule has 0 fully saturated rings. The SMILES string of the molecule is CCCSc1ccccc1C=C(Br)Br. The second-order valence-electron chi connectivity index (χ2n) is 2.82. The Balaban J connectivity index is 2.86. The molecule has 0 spiro atoms. The molecule has 1 aromatic carbocycles. The zero-order chi connectivity index (χ0) is 10.4. The van der Waals surface area contributed by atoms with Crippen LogP contribution in [0.5, 0.6) is 0 Å². The average molecular weight is 336 g/mol. The van der Waals surface area contributed by atoms with Crippen molar-refractivity contribution in [2.45, 2.75) is 18.2 Å². The molecule has 0 N–H and O–H groups in total. The summed E-state index contributed by atoms with van der Waals surface area (Å²) in [6.45, 7) is 2.20. The Morgan fingerprint density at radius 2 is 2.07 bits per heavy atom. The van der Waals surface area contributed by atoms with Crippen molar-refractivity contribution in [2.24, 2.45) is 0 Å². The molecule has 0 unspecified atom stereocenters. The molecule has 0 heterocycles. The van der Waals surface area contributed by atoms with Gasteiger partial charge in [0.15, 0.2) is 0 Å². The van der Waals surface area contributed by atoms with Crippen LogP contribution in [-0.4, -0.2) is 5.75 Å². The molecule has 0 saturated carbocycles. The number of hydrogen-bond donors (Lipinski definition) is 0. The first-order chi connectivity index (χ1) is 6.74. The highest BCUT2D eigenvalue weighted by atomic mass is 79.9. The van der Waals surface area contributed by atoms with Crippen molar-refractivity contribution in [3.05, 3.63) is 33.2 Å². The van der Waals surface area contributed by atoms with Gasteiger partial charge in [-0.1, -0.05) is 25.1 Å². The van der Waals surface area contributed by atoms with Crippen LogP contribution in [0, 0.1) is 0 Å². The number of hydrogen-bond acceptors (Lipinski definition) is 1. The molecule has 0 nitrogen and oxygen atoms in total. The van der Waals surface area contributed by atoms with E-state index in [1.807, 2.05) is 11.8 Å². The smallest absolute Gasteiger partial charge is 0.0610 e. The number of benzene rings is 1. The average Bonchev–Trinajstić information content (AvgIpc) is 2.16. The van der Waals surface area contributed by atoms with Crippen LogP contribution in [-0.2, 0) is 0 Å². The van der Waals surface area contributed by atoms with E-state index in [4.69, 9.17) is 0 Å². The van der Waals surface area contributed by atoms with Gasteiger partial charge >= 0.3 is 0 Å². The zero-order valence-electron chi connectivity index (χ0n) is 7.97. The molecule has 0 radical (unpaired) electrons. The summed E-state index contributed by atoms with van der Waals surface area (Å²) in [5.74, 6) is 1.17. The van der Waals surface area contributed by atoms with Crippen LogP contribution < -0.4 is 0 Å². The summed E-state index contributed by atoms with van der Waals surface area (Å²) in [6.07, 6.45) is 3.29. The molecule has 0 aliphatic rings. The number of rotatable bonds is 4. The van der Waals surface area contributed by atoms with Crippen LogP contribution in [0.2, 0.25) is 0 Å². The lowest BCUT2D eigenvalue weighted by Crippen LogP contribution is -1.81. The van der Waals surface area contributed by atoms with Crippen molar-refractivity contribution in [2.75, 3.05) is 5.75 Å². The fourth-order valence-electron chi connectivity index (χ4n) is 1.06. The second-order valence-corrected chi connectivity index (χ2v) is 6.73. The molecule has 14 heavy (non-hydrogen) atoms. The fourth-order valence-corrected chi connectivity index (χ4v) is 2.45. The van der Waals surface area contributed by atoms with E-state index in [0.29, 0.717) is 0 Å². The lowest BCUT2D eigenvalue weighted by Gasteiger charge is -2.04. The third kappa shape index (κ3) is 4.20. The third-order valence-electron chi connectivity index (χ3n) is 1.65. The van der Waals surface area contributed by atoms with E-state index in [9.17, 15) is 0 Å². The van der Waals surface area contributed by atoms with E-state index in [1.165, 1.54) is 22.6 Å². The first-order valence-corrected chi connectivity index (χ1v) is 7.05. The van der Waals surface area contributed by atoms with E-state index >= 15 is 0 Å². The lowest BCUT2D eigenvalue weighted by atomic mass is 10.2. The molecule has 3 heteroatoms. The van der Waals surface area contributed by atoms with Crippen molar-refractivity contribution in [3.8, 4) is 0 Å². The predicted molar refractivity (Wildman–Crippen MR) is 73.3 cm³/mol.